The van der Waals surface area contributed by atoms with Gasteiger partial charge in [-0.2, -0.15) is 0 Å². The highest BCUT2D eigenvalue weighted by atomic mass is 35.5. The highest BCUT2D eigenvalue weighted by Crippen LogP contribution is 2.26. The smallest absolute Gasteiger partial charge is 0.240 e. The van der Waals surface area contributed by atoms with Gasteiger partial charge in [0.15, 0.2) is 5.13 Å². The summed E-state index contributed by atoms with van der Waals surface area (Å²) in [5.41, 5.74) is 2.89. The highest BCUT2D eigenvalue weighted by molar-refractivity contribution is 7.14. The second kappa shape index (κ2) is 9.66. The number of aromatic nitrogens is 1. The molecule has 1 amide bonds. The van der Waals surface area contributed by atoms with E-state index in [2.05, 4.69) is 20.1 Å². The molecule has 30 heavy (non-hydrogen) atoms. The van der Waals surface area contributed by atoms with Crippen molar-refractivity contribution < 1.29 is 9.18 Å². The Morgan fingerprint density at radius 1 is 1.03 bits per heavy atom. The van der Waals surface area contributed by atoms with Crippen LogP contribution in [0.25, 0.3) is 11.3 Å². The van der Waals surface area contributed by atoms with E-state index in [1.54, 1.807) is 0 Å². The molecule has 4 rings (SSSR count). The second-order valence-corrected chi connectivity index (χ2v) is 8.57. The lowest BCUT2D eigenvalue weighted by Gasteiger charge is -2.34. The Labute approximate surface area is 184 Å². The quantitative estimate of drug-likeness (QED) is 0.613. The van der Waals surface area contributed by atoms with Crippen LogP contribution in [0.5, 0.6) is 0 Å². The fraction of sp³-hybridized carbons (Fsp3) is 0.273. The maximum absolute atomic E-state index is 13.0. The molecule has 1 aliphatic heterocycles. The van der Waals surface area contributed by atoms with Crippen LogP contribution in [0.15, 0.2) is 53.9 Å². The minimum Gasteiger partial charge on any atom is -0.301 e. The molecule has 8 heteroatoms. The first kappa shape index (κ1) is 20.9. The summed E-state index contributed by atoms with van der Waals surface area (Å²) in [6.07, 6.45) is 0. The van der Waals surface area contributed by atoms with Crippen molar-refractivity contribution in [2.75, 3.05) is 38.0 Å². The Bertz CT molecular complexity index is 985. The lowest BCUT2D eigenvalue weighted by Crippen LogP contribution is -2.48. The van der Waals surface area contributed by atoms with Gasteiger partial charge in [0.25, 0.3) is 0 Å². The molecule has 0 unspecified atom stereocenters. The average Bonchev–Trinajstić information content (AvgIpc) is 3.20. The number of piperazine rings is 1. The maximum Gasteiger partial charge on any atom is 0.240 e. The van der Waals surface area contributed by atoms with Crippen LogP contribution in [0.1, 0.15) is 5.56 Å². The Kier molecular flexibility index (Phi) is 6.74. The number of nitrogens with zero attached hydrogens (tertiary/aromatic N) is 3. The maximum atomic E-state index is 13.0. The first-order valence-electron chi connectivity index (χ1n) is 9.76. The van der Waals surface area contributed by atoms with E-state index in [9.17, 15) is 9.18 Å². The van der Waals surface area contributed by atoms with Crippen molar-refractivity contribution in [2.24, 2.45) is 0 Å². The summed E-state index contributed by atoms with van der Waals surface area (Å²) in [5.74, 6) is -0.269. The normalized spacial score (nSPS) is 15.3. The van der Waals surface area contributed by atoms with Gasteiger partial charge >= 0.3 is 0 Å². The Morgan fingerprint density at radius 2 is 1.70 bits per heavy atom. The molecule has 1 aliphatic rings. The van der Waals surface area contributed by atoms with Crippen LogP contribution in [0, 0.1) is 5.82 Å². The monoisotopic (exact) mass is 444 g/mol. The van der Waals surface area contributed by atoms with E-state index in [-0.39, 0.29) is 11.7 Å². The molecule has 3 aromatic rings. The lowest BCUT2D eigenvalue weighted by atomic mass is 10.2. The van der Waals surface area contributed by atoms with Gasteiger partial charge in [-0.3, -0.25) is 14.6 Å². The van der Waals surface area contributed by atoms with E-state index in [4.69, 9.17) is 11.6 Å². The molecule has 5 nitrogen and oxygen atoms in total. The third kappa shape index (κ3) is 5.64. The molecule has 0 aliphatic carbocycles. The standard InChI is InChI=1S/C22H22ClFN4OS/c23-18-5-3-17(4-6-18)20-15-30-22(25-20)26-21(29)14-28-11-9-27(10-12-28)13-16-1-7-19(24)8-2-16/h1-8,15H,9-14H2,(H,25,26,29). The summed E-state index contributed by atoms with van der Waals surface area (Å²) in [6, 6.07) is 14.1. The number of anilines is 1. The molecule has 2 heterocycles. The summed E-state index contributed by atoms with van der Waals surface area (Å²) in [4.78, 5) is 21.4. The van der Waals surface area contributed by atoms with Gasteiger partial charge in [-0.05, 0) is 29.8 Å². The van der Waals surface area contributed by atoms with Crippen molar-refractivity contribution in [1.29, 1.82) is 0 Å². The highest BCUT2D eigenvalue weighted by Gasteiger charge is 2.19. The molecule has 1 aromatic heterocycles. The van der Waals surface area contributed by atoms with Crippen LogP contribution < -0.4 is 5.32 Å². The van der Waals surface area contributed by atoms with Crippen LogP contribution in [0.3, 0.4) is 0 Å². The van der Waals surface area contributed by atoms with Gasteiger partial charge in [-0.1, -0.05) is 35.9 Å². The number of hydrogen-bond acceptors (Lipinski definition) is 5. The molecular formula is C22H22ClFN4OS. The second-order valence-electron chi connectivity index (χ2n) is 7.27. The third-order valence-corrected chi connectivity index (χ3v) is 6.05. The van der Waals surface area contributed by atoms with Crippen molar-refractivity contribution in [3.63, 3.8) is 0 Å². The number of carbonyl (C=O) groups is 1. The molecule has 1 saturated heterocycles. The number of nitrogens with one attached hydrogen (secondary N) is 1. The summed E-state index contributed by atoms with van der Waals surface area (Å²) < 4.78 is 13.0. The fourth-order valence-electron chi connectivity index (χ4n) is 3.40. The van der Waals surface area contributed by atoms with E-state index < -0.39 is 0 Å². The zero-order valence-electron chi connectivity index (χ0n) is 16.4. The van der Waals surface area contributed by atoms with Gasteiger partial charge < -0.3 is 5.32 Å². The fourth-order valence-corrected chi connectivity index (χ4v) is 4.26. The zero-order chi connectivity index (χ0) is 20.9. The van der Waals surface area contributed by atoms with E-state index in [1.165, 1.54) is 23.5 Å². The van der Waals surface area contributed by atoms with Gasteiger partial charge in [0.2, 0.25) is 5.91 Å². The Morgan fingerprint density at radius 3 is 2.40 bits per heavy atom. The first-order valence-corrected chi connectivity index (χ1v) is 11.0. The van der Waals surface area contributed by atoms with Gasteiger partial charge in [-0.25, -0.2) is 9.37 Å². The van der Waals surface area contributed by atoms with Gasteiger partial charge in [0, 0.05) is 48.7 Å². The van der Waals surface area contributed by atoms with E-state index >= 15 is 0 Å². The molecule has 0 saturated carbocycles. The minimum atomic E-state index is -0.213. The van der Waals surface area contributed by atoms with Crippen LogP contribution in [-0.2, 0) is 11.3 Å². The molecule has 1 fully saturated rings. The van der Waals surface area contributed by atoms with Gasteiger partial charge in [-0.15, -0.1) is 11.3 Å². The Balaban J connectivity index is 1.23. The van der Waals surface area contributed by atoms with Crippen molar-refractivity contribution >= 4 is 34.0 Å². The number of halogens is 2. The van der Waals surface area contributed by atoms with Crippen molar-refractivity contribution in [3.05, 3.63) is 70.3 Å². The van der Waals surface area contributed by atoms with Gasteiger partial charge in [0.05, 0.1) is 12.2 Å². The summed E-state index contributed by atoms with van der Waals surface area (Å²) in [5, 5.41) is 6.10. The van der Waals surface area contributed by atoms with Crippen molar-refractivity contribution in [2.45, 2.75) is 6.54 Å². The van der Waals surface area contributed by atoms with Crippen LogP contribution in [0.2, 0.25) is 5.02 Å². The molecule has 0 radical (unpaired) electrons. The number of benzene rings is 2. The summed E-state index contributed by atoms with van der Waals surface area (Å²) in [6.45, 7) is 4.55. The van der Waals surface area contributed by atoms with E-state index in [0.29, 0.717) is 16.7 Å². The molecule has 1 N–H and O–H groups in total. The predicted molar refractivity (Wildman–Crippen MR) is 119 cm³/mol. The SMILES string of the molecule is O=C(CN1CCN(Cc2ccc(F)cc2)CC1)Nc1nc(-c2ccc(Cl)cc2)cs1. The molecule has 156 valence electrons. The Hall–Kier alpha value is -2.32. The first-order chi connectivity index (χ1) is 14.5. The van der Waals surface area contributed by atoms with Gasteiger partial charge in [0.1, 0.15) is 5.82 Å². The van der Waals surface area contributed by atoms with E-state index in [0.717, 1.165) is 49.5 Å². The third-order valence-electron chi connectivity index (χ3n) is 5.04. The van der Waals surface area contributed by atoms with Crippen LogP contribution >= 0.6 is 22.9 Å². The van der Waals surface area contributed by atoms with Crippen LogP contribution in [0.4, 0.5) is 9.52 Å². The number of thiazole rings is 1. The molecule has 0 bridgehead atoms. The largest absolute Gasteiger partial charge is 0.301 e. The van der Waals surface area contributed by atoms with Crippen LogP contribution in [-0.4, -0.2) is 53.4 Å². The number of hydrogen-bond donors (Lipinski definition) is 1. The van der Waals surface area contributed by atoms with Crippen molar-refractivity contribution in [1.82, 2.24) is 14.8 Å². The number of amides is 1. The lowest BCUT2D eigenvalue weighted by molar-refractivity contribution is -0.117. The number of rotatable bonds is 6. The zero-order valence-corrected chi connectivity index (χ0v) is 17.9. The molecule has 0 spiro atoms. The topological polar surface area (TPSA) is 48.5 Å². The predicted octanol–water partition coefficient (Wildman–Crippen LogP) is 4.36. The minimum absolute atomic E-state index is 0.0565. The van der Waals surface area contributed by atoms with E-state index in [1.807, 2.05) is 41.8 Å². The molecular weight excluding hydrogens is 423 g/mol. The molecule has 2 aromatic carbocycles. The van der Waals surface area contributed by atoms with Crippen molar-refractivity contribution in [3.8, 4) is 11.3 Å². The summed E-state index contributed by atoms with van der Waals surface area (Å²) in [7, 11) is 0. The number of carbonyl (C=O) groups excluding carboxylic acids is 1. The summed E-state index contributed by atoms with van der Waals surface area (Å²) >= 11 is 7.34. The molecule has 0 atom stereocenters. The average molecular weight is 445 g/mol.